The number of hydrogen-bond acceptors (Lipinski definition) is 4. The molecule has 0 aliphatic heterocycles. The van der Waals surface area contributed by atoms with Crippen LogP contribution in [0.5, 0.6) is 0 Å². The van der Waals surface area contributed by atoms with E-state index in [-0.39, 0.29) is 0 Å². The maximum absolute atomic E-state index is 6.44. The van der Waals surface area contributed by atoms with E-state index >= 15 is 0 Å². The average molecular weight is 651 g/mol. The molecule has 0 amide bonds. The summed E-state index contributed by atoms with van der Waals surface area (Å²) in [5, 5.41) is 4.44. The van der Waals surface area contributed by atoms with Crippen LogP contribution in [0.4, 0.5) is 34.1 Å². The Morgan fingerprint density at radius 3 is 1.68 bits per heavy atom. The molecule has 0 spiro atoms. The van der Waals surface area contributed by atoms with Crippen LogP contribution in [-0.2, 0) is 0 Å². The van der Waals surface area contributed by atoms with Gasteiger partial charge >= 0.3 is 0 Å². The lowest BCUT2D eigenvalue weighted by Crippen LogP contribution is -2.23. The van der Waals surface area contributed by atoms with Crippen molar-refractivity contribution in [1.29, 1.82) is 0 Å². The number of rotatable bonds is 7. The van der Waals surface area contributed by atoms with Gasteiger partial charge in [0.2, 0.25) is 0 Å². The van der Waals surface area contributed by atoms with E-state index in [1.165, 1.54) is 39.2 Å². The predicted octanol–water partition coefficient (Wildman–Crippen LogP) is 12.0. The average Bonchev–Trinajstić information content (AvgIpc) is 3.16. The zero-order valence-corrected chi connectivity index (χ0v) is 28.7. The minimum atomic E-state index is 0.541. The SMILES string of the molecule is Cc1ccc(N(c2ccc(C3=CC=C(N(C4=CCC(C)C=C4)c4ccc(N)c5ccccc45)CC3)cc2)c2ccc(N)c3ccccc23)cc1. The van der Waals surface area contributed by atoms with E-state index < -0.39 is 0 Å². The minimum Gasteiger partial charge on any atom is -0.398 e. The van der Waals surface area contributed by atoms with Crippen molar-refractivity contribution in [3.63, 3.8) is 0 Å². The molecule has 50 heavy (non-hydrogen) atoms. The summed E-state index contributed by atoms with van der Waals surface area (Å²) in [6, 6.07) is 42.9. The molecule has 246 valence electrons. The number of nitrogens with zero attached hydrogens (tertiary/aromatic N) is 2. The Hall–Kier alpha value is -6.00. The number of nitrogens with two attached hydrogens (primary N) is 2. The summed E-state index contributed by atoms with van der Waals surface area (Å²) in [5.41, 5.74) is 25.2. The van der Waals surface area contributed by atoms with Crippen LogP contribution >= 0.6 is 0 Å². The van der Waals surface area contributed by atoms with E-state index in [0.717, 1.165) is 63.9 Å². The van der Waals surface area contributed by atoms with Gasteiger partial charge in [-0.05, 0) is 104 Å². The highest BCUT2D eigenvalue weighted by molar-refractivity contribution is 6.05. The van der Waals surface area contributed by atoms with Crippen LogP contribution in [0.15, 0.2) is 163 Å². The molecule has 2 aliphatic carbocycles. The third-order valence-corrected chi connectivity index (χ3v) is 10.1. The van der Waals surface area contributed by atoms with Crippen LogP contribution in [-0.4, -0.2) is 0 Å². The molecule has 4 N–H and O–H groups in total. The Balaban J connectivity index is 1.16. The number of nitrogen functional groups attached to an aromatic ring is 2. The highest BCUT2D eigenvalue weighted by atomic mass is 15.2. The summed E-state index contributed by atoms with van der Waals surface area (Å²) in [6.45, 7) is 4.39. The van der Waals surface area contributed by atoms with Crippen LogP contribution < -0.4 is 21.3 Å². The minimum absolute atomic E-state index is 0.541. The molecule has 8 rings (SSSR count). The first-order valence-corrected chi connectivity index (χ1v) is 17.5. The van der Waals surface area contributed by atoms with E-state index in [1.54, 1.807) is 0 Å². The van der Waals surface area contributed by atoms with Gasteiger partial charge in [0, 0.05) is 55.7 Å². The van der Waals surface area contributed by atoms with E-state index in [2.05, 4.69) is 157 Å². The molecule has 6 aromatic rings. The Labute approximate surface area is 295 Å². The lowest BCUT2D eigenvalue weighted by molar-refractivity contribution is 0.725. The van der Waals surface area contributed by atoms with Crippen molar-refractivity contribution in [3.8, 4) is 0 Å². The molecule has 0 saturated heterocycles. The van der Waals surface area contributed by atoms with Crippen LogP contribution in [0.25, 0.3) is 27.1 Å². The van der Waals surface area contributed by atoms with Crippen LogP contribution in [0.3, 0.4) is 0 Å². The molecule has 0 fully saturated rings. The van der Waals surface area contributed by atoms with Crippen molar-refractivity contribution >= 4 is 61.2 Å². The summed E-state index contributed by atoms with van der Waals surface area (Å²) in [4.78, 5) is 4.77. The van der Waals surface area contributed by atoms with Crippen molar-refractivity contribution in [1.82, 2.24) is 0 Å². The lowest BCUT2D eigenvalue weighted by Gasteiger charge is -2.33. The molecule has 4 nitrogen and oxygen atoms in total. The van der Waals surface area contributed by atoms with Gasteiger partial charge in [0.1, 0.15) is 0 Å². The second-order valence-electron chi connectivity index (χ2n) is 13.5. The highest BCUT2D eigenvalue weighted by Crippen LogP contribution is 2.42. The number of benzene rings is 6. The maximum atomic E-state index is 6.44. The molecular formula is C46H42N4. The van der Waals surface area contributed by atoms with Crippen molar-refractivity contribution in [2.24, 2.45) is 5.92 Å². The van der Waals surface area contributed by atoms with Gasteiger partial charge in [0.05, 0.1) is 11.4 Å². The van der Waals surface area contributed by atoms with Crippen LogP contribution in [0.1, 0.15) is 37.3 Å². The van der Waals surface area contributed by atoms with Crippen molar-refractivity contribution in [2.45, 2.75) is 33.1 Å². The molecule has 2 aliphatic rings. The molecule has 0 aromatic heterocycles. The summed E-state index contributed by atoms with van der Waals surface area (Å²) < 4.78 is 0. The first-order chi connectivity index (χ1) is 24.4. The fourth-order valence-corrected chi connectivity index (χ4v) is 7.34. The number of allylic oxidation sites excluding steroid dienone is 7. The van der Waals surface area contributed by atoms with E-state index in [0.29, 0.717) is 5.92 Å². The molecule has 4 heteroatoms. The van der Waals surface area contributed by atoms with Gasteiger partial charge in [-0.25, -0.2) is 0 Å². The zero-order chi connectivity index (χ0) is 34.2. The van der Waals surface area contributed by atoms with Gasteiger partial charge in [-0.3, -0.25) is 0 Å². The first kappa shape index (κ1) is 31.3. The maximum Gasteiger partial charge on any atom is 0.0541 e. The van der Waals surface area contributed by atoms with E-state index in [9.17, 15) is 0 Å². The summed E-state index contributed by atoms with van der Waals surface area (Å²) in [6.07, 6.45) is 14.5. The normalized spacial score (nSPS) is 15.8. The zero-order valence-electron chi connectivity index (χ0n) is 28.7. The molecule has 1 atom stereocenters. The first-order valence-electron chi connectivity index (χ1n) is 17.5. The van der Waals surface area contributed by atoms with Gasteiger partial charge in [0.25, 0.3) is 0 Å². The van der Waals surface area contributed by atoms with Gasteiger partial charge in [0.15, 0.2) is 0 Å². The monoisotopic (exact) mass is 650 g/mol. The molecule has 0 saturated carbocycles. The number of hydrogen-bond donors (Lipinski definition) is 2. The number of fused-ring (bicyclic) bond motifs is 2. The van der Waals surface area contributed by atoms with Crippen LogP contribution in [0, 0.1) is 12.8 Å². The Bertz CT molecular complexity index is 2340. The van der Waals surface area contributed by atoms with Crippen molar-refractivity contribution in [3.05, 3.63) is 174 Å². The topological polar surface area (TPSA) is 58.5 Å². The summed E-state index contributed by atoms with van der Waals surface area (Å²) in [7, 11) is 0. The standard InChI is InChI=1S/C46H42N4/c1-31-11-19-35(20-12-31)49(45-29-27-43(47)39-7-3-5-9-41(39)45)37-23-15-33(16-24-37)34-17-25-38(26-18-34)50(36-21-13-32(2)14-22-36)46-30-28-44(48)40-8-4-6-10-42(40)46/h3-13,15-17,19-25,27-30,32H,14,18,26,47-48H2,1-2H3. The molecule has 1 unspecified atom stereocenters. The molecule has 0 bridgehead atoms. The quantitative estimate of drug-likeness (QED) is 0.169. The molecular weight excluding hydrogens is 609 g/mol. The smallest absolute Gasteiger partial charge is 0.0541 e. The Morgan fingerprint density at radius 1 is 0.580 bits per heavy atom. The summed E-state index contributed by atoms with van der Waals surface area (Å²) in [5.74, 6) is 0.541. The fraction of sp³-hybridized carbons (Fsp3) is 0.130. The Kier molecular flexibility index (Phi) is 8.22. The van der Waals surface area contributed by atoms with E-state index in [1.807, 2.05) is 18.2 Å². The van der Waals surface area contributed by atoms with Gasteiger partial charge < -0.3 is 21.3 Å². The fourth-order valence-electron chi connectivity index (χ4n) is 7.34. The predicted molar refractivity (Wildman–Crippen MR) is 215 cm³/mol. The van der Waals surface area contributed by atoms with Gasteiger partial charge in [-0.1, -0.05) is 104 Å². The van der Waals surface area contributed by atoms with Gasteiger partial charge in [-0.15, -0.1) is 0 Å². The largest absolute Gasteiger partial charge is 0.398 e. The van der Waals surface area contributed by atoms with Crippen LogP contribution in [0.2, 0.25) is 0 Å². The lowest BCUT2D eigenvalue weighted by atomic mass is 9.93. The molecule has 0 radical (unpaired) electrons. The third-order valence-electron chi connectivity index (χ3n) is 10.1. The number of anilines is 6. The molecule has 0 heterocycles. The summed E-state index contributed by atoms with van der Waals surface area (Å²) >= 11 is 0. The van der Waals surface area contributed by atoms with Crippen molar-refractivity contribution in [2.75, 3.05) is 21.3 Å². The second-order valence-corrected chi connectivity index (χ2v) is 13.5. The number of aryl methyl sites for hydroxylation is 1. The van der Waals surface area contributed by atoms with Crippen molar-refractivity contribution < 1.29 is 0 Å². The van der Waals surface area contributed by atoms with Gasteiger partial charge in [-0.2, -0.15) is 0 Å². The van der Waals surface area contributed by atoms with E-state index in [4.69, 9.17) is 11.5 Å². The second kappa shape index (κ2) is 13.1. The molecule has 6 aromatic carbocycles. The Morgan fingerprint density at radius 2 is 1.14 bits per heavy atom. The third kappa shape index (κ3) is 5.83. The highest BCUT2D eigenvalue weighted by Gasteiger charge is 2.23.